The fraction of sp³-hybridized carbons (Fsp3) is 0.636. The van der Waals surface area contributed by atoms with E-state index in [1.165, 1.54) is 11.3 Å². The lowest BCUT2D eigenvalue weighted by Crippen LogP contribution is -2.15. The normalized spacial score (nSPS) is 21.0. The molecule has 1 saturated heterocycles. The molecule has 2 aromatic heterocycles. The molecule has 1 aliphatic rings. The topological polar surface area (TPSA) is 90.6 Å². The summed E-state index contributed by atoms with van der Waals surface area (Å²) in [5, 5.41) is 13.3. The molecule has 0 aliphatic carbocycles. The summed E-state index contributed by atoms with van der Waals surface area (Å²) in [6.45, 7) is 3.74. The first-order valence-electron chi connectivity index (χ1n) is 6.48. The molecule has 1 aliphatic heterocycles. The average molecular weight is 345 g/mol. The summed E-state index contributed by atoms with van der Waals surface area (Å²) in [5.41, 5.74) is 0. The van der Waals surface area contributed by atoms with Crippen molar-refractivity contribution in [1.29, 1.82) is 0 Å². The lowest BCUT2D eigenvalue weighted by Gasteiger charge is -2.10. The molecule has 3 rings (SSSR count). The first kappa shape index (κ1) is 14.9. The van der Waals surface area contributed by atoms with E-state index in [1.807, 2.05) is 13.8 Å². The monoisotopic (exact) mass is 345 g/mol. The van der Waals surface area contributed by atoms with Crippen LogP contribution in [-0.4, -0.2) is 44.9 Å². The molecule has 21 heavy (non-hydrogen) atoms. The van der Waals surface area contributed by atoms with E-state index in [0.717, 1.165) is 15.2 Å². The van der Waals surface area contributed by atoms with E-state index in [2.05, 4.69) is 20.3 Å². The van der Waals surface area contributed by atoms with Crippen LogP contribution in [0.3, 0.4) is 0 Å². The van der Waals surface area contributed by atoms with Crippen molar-refractivity contribution in [3.63, 3.8) is 0 Å². The number of nitrogens with zero attached hydrogens (tertiary/aromatic N) is 5. The minimum absolute atomic E-state index is 0.0945. The first-order valence-corrected chi connectivity index (χ1v) is 10.1. The zero-order valence-corrected chi connectivity index (χ0v) is 14.1. The minimum atomic E-state index is -2.93. The number of hydrogen-bond donors (Lipinski definition) is 0. The number of rotatable bonds is 4. The maximum Gasteiger partial charge on any atom is 0.174 e. The number of hydrogen-bond acceptors (Lipinski definition) is 8. The fourth-order valence-electron chi connectivity index (χ4n) is 2.30. The largest absolute Gasteiger partial charge is 0.245 e. The molecule has 7 nitrogen and oxygen atoms in total. The van der Waals surface area contributed by atoms with Crippen molar-refractivity contribution < 1.29 is 8.42 Å². The van der Waals surface area contributed by atoms with Crippen molar-refractivity contribution in [2.24, 2.45) is 0 Å². The third kappa shape index (κ3) is 3.43. The maximum absolute atomic E-state index is 11.6. The Bertz CT molecular complexity index is 752. The van der Waals surface area contributed by atoms with Gasteiger partial charge in [-0.25, -0.2) is 18.1 Å². The van der Waals surface area contributed by atoms with Gasteiger partial charge < -0.3 is 0 Å². The molecular weight excluding hydrogens is 330 g/mol. The molecule has 2 aromatic rings. The number of aromatic nitrogens is 5. The quantitative estimate of drug-likeness (QED) is 0.774. The predicted molar refractivity (Wildman–Crippen MR) is 81.3 cm³/mol. The van der Waals surface area contributed by atoms with Gasteiger partial charge in [0.15, 0.2) is 14.2 Å². The van der Waals surface area contributed by atoms with Gasteiger partial charge in [0.05, 0.1) is 23.3 Å². The highest BCUT2D eigenvalue weighted by atomic mass is 32.2. The molecule has 1 unspecified atom stereocenters. The molecular formula is C11H15N5O2S3. The van der Waals surface area contributed by atoms with Gasteiger partial charge in [-0.3, -0.25) is 0 Å². The Morgan fingerprint density at radius 3 is 2.81 bits per heavy atom. The highest BCUT2D eigenvalue weighted by Crippen LogP contribution is 2.28. The first-order chi connectivity index (χ1) is 9.93. The van der Waals surface area contributed by atoms with E-state index < -0.39 is 9.84 Å². The van der Waals surface area contributed by atoms with Crippen LogP contribution >= 0.6 is 23.1 Å². The van der Waals surface area contributed by atoms with E-state index in [4.69, 9.17) is 0 Å². The molecule has 0 saturated carbocycles. The molecule has 3 heterocycles. The summed E-state index contributed by atoms with van der Waals surface area (Å²) in [6, 6.07) is -0.0945. The molecule has 10 heteroatoms. The van der Waals surface area contributed by atoms with Crippen LogP contribution in [0.4, 0.5) is 0 Å². The molecule has 0 aromatic carbocycles. The van der Waals surface area contributed by atoms with Crippen molar-refractivity contribution in [2.45, 2.75) is 36.4 Å². The second-order valence-corrected chi connectivity index (χ2v) is 9.59. The lowest BCUT2D eigenvalue weighted by molar-refractivity contribution is 0.482. The number of aryl methyl sites for hydroxylation is 2. The molecule has 0 spiro atoms. The highest BCUT2D eigenvalue weighted by molar-refractivity contribution is 8.00. The zero-order valence-electron chi connectivity index (χ0n) is 11.7. The number of thioether (sulfide) groups is 1. The zero-order chi connectivity index (χ0) is 15.0. The van der Waals surface area contributed by atoms with Gasteiger partial charge in [-0.2, -0.15) is 5.10 Å². The molecule has 1 atom stereocenters. The lowest BCUT2D eigenvalue weighted by atomic mass is 10.3. The molecule has 0 amide bonds. The summed E-state index contributed by atoms with van der Waals surface area (Å²) in [5.74, 6) is 2.48. The summed E-state index contributed by atoms with van der Waals surface area (Å²) in [6.07, 6.45) is 0.612. The van der Waals surface area contributed by atoms with Gasteiger partial charge in [0.2, 0.25) is 0 Å². The van der Waals surface area contributed by atoms with Gasteiger partial charge >= 0.3 is 0 Å². The smallest absolute Gasteiger partial charge is 0.174 e. The standard InChI is InChI=1S/C11H15N5O2S3/c1-7-12-10(5-19-11-14-13-8(2)20-11)16(15-7)9-3-4-21(17,18)6-9/h9H,3-6H2,1-2H3. The van der Waals surface area contributed by atoms with Gasteiger partial charge in [0.25, 0.3) is 0 Å². The van der Waals surface area contributed by atoms with E-state index in [-0.39, 0.29) is 17.5 Å². The van der Waals surface area contributed by atoms with E-state index in [1.54, 1.807) is 16.4 Å². The molecule has 1 fully saturated rings. The fourth-order valence-corrected chi connectivity index (χ4v) is 5.73. The summed E-state index contributed by atoms with van der Waals surface area (Å²) < 4.78 is 25.9. The Labute approximate surface area is 131 Å². The Morgan fingerprint density at radius 2 is 2.19 bits per heavy atom. The van der Waals surface area contributed by atoms with E-state index in [9.17, 15) is 8.42 Å². The van der Waals surface area contributed by atoms with Crippen LogP contribution in [0.15, 0.2) is 4.34 Å². The van der Waals surface area contributed by atoms with Crippen LogP contribution in [0.25, 0.3) is 0 Å². The van der Waals surface area contributed by atoms with E-state index >= 15 is 0 Å². The SMILES string of the molecule is Cc1nc(CSc2nnc(C)s2)n(C2CCS(=O)(=O)C2)n1. The van der Waals surface area contributed by atoms with Crippen molar-refractivity contribution in [2.75, 3.05) is 11.5 Å². The van der Waals surface area contributed by atoms with Crippen LogP contribution in [0.1, 0.15) is 29.1 Å². The predicted octanol–water partition coefficient (Wildman–Crippen LogP) is 1.40. The van der Waals surface area contributed by atoms with Gasteiger partial charge in [0.1, 0.15) is 16.7 Å². The van der Waals surface area contributed by atoms with Gasteiger partial charge in [-0.15, -0.1) is 10.2 Å². The van der Waals surface area contributed by atoms with Crippen LogP contribution in [0, 0.1) is 13.8 Å². The summed E-state index contributed by atoms with van der Waals surface area (Å²) in [4.78, 5) is 4.42. The van der Waals surface area contributed by atoms with Crippen LogP contribution in [0.5, 0.6) is 0 Å². The molecule has 0 radical (unpaired) electrons. The van der Waals surface area contributed by atoms with E-state index in [0.29, 0.717) is 18.0 Å². The van der Waals surface area contributed by atoms with Crippen LogP contribution < -0.4 is 0 Å². The average Bonchev–Trinajstić information content (AvgIpc) is 3.06. The molecule has 114 valence electrons. The van der Waals surface area contributed by atoms with Gasteiger partial charge in [-0.1, -0.05) is 23.1 Å². The summed E-state index contributed by atoms with van der Waals surface area (Å²) >= 11 is 3.09. The van der Waals surface area contributed by atoms with Crippen LogP contribution in [-0.2, 0) is 15.6 Å². The van der Waals surface area contributed by atoms with Crippen molar-refractivity contribution in [3.8, 4) is 0 Å². The third-order valence-corrected chi connectivity index (χ3v) is 6.91. The second-order valence-electron chi connectivity index (χ2n) is 4.95. The highest BCUT2D eigenvalue weighted by Gasteiger charge is 2.31. The molecule has 0 N–H and O–H groups in total. The Balaban J connectivity index is 1.76. The van der Waals surface area contributed by atoms with Gasteiger partial charge in [-0.05, 0) is 20.3 Å². The van der Waals surface area contributed by atoms with Crippen LogP contribution in [0.2, 0.25) is 0 Å². The minimum Gasteiger partial charge on any atom is -0.245 e. The Kier molecular flexibility index (Phi) is 4.02. The Morgan fingerprint density at radius 1 is 1.38 bits per heavy atom. The van der Waals surface area contributed by atoms with Crippen molar-refractivity contribution >= 4 is 32.9 Å². The molecule has 0 bridgehead atoms. The third-order valence-electron chi connectivity index (χ3n) is 3.19. The van der Waals surface area contributed by atoms with Gasteiger partial charge in [0, 0.05) is 0 Å². The second kappa shape index (κ2) is 5.65. The van der Waals surface area contributed by atoms with Crippen molar-refractivity contribution in [3.05, 3.63) is 16.7 Å². The maximum atomic E-state index is 11.6. The Hall–Kier alpha value is -1.00. The van der Waals surface area contributed by atoms with Crippen molar-refractivity contribution in [1.82, 2.24) is 25.0 Å². The summed E-state index contributed by atoms with van der Waals surface area (Å²) in [7, 11) is -2.93. The number of sulfone groups is 1.